The van der Waals surface area contributed by atoms with E-state index in [1.165, 1.54) is 18.4 Å². The van der Waals surface area contributed by atoms with Gasteiger partial charge in [-0.25, -0.2) is 13.6 Å². The largest absolute Gasteiger partial charge is 0.478 e. The van der Waals surface area contributed by atoms with Crippen LogP contribution in [0.3, 0.4) is 0 Å². The number of halogens is 2. The smallest absolute Gasteiger partial charge is 0.336 e. The van der Waals surface area contributed by atoms with E-state index < -0.39 is 23.5 Å². The van der Waals surface area contributed by atoms with E-state index in [2.05, 4.69) is 0 Å². The van der Waals surface area contributed by atoms with Crippen molar-refractivity contribution in [2.45, 2.75) is 6.43 Å². The van der Waals surface area contributed by atoms with Crippen molar-refractivity contribution in [1.29, 1.82) is 5.26 Å². The van der Waals surface area contributed by atoms with E-state index in [4.69, 9.17) is 14.8 Å². The van der Waals surface area contributed by atoms with Crippen LogP contribution in [0, 0.1) is 11.3 Å². The summed E-state index contributed by atoms with van der Waals surface area (Å²) in [6.45, 7) is 0. The number of carboxylic acids is 1. The van der Waals surface area contributed by atoms with E-state index in [1.54, 1.807) is 12.1 Å². The Hall–Kier alpha value is -3.20. The molecular formula is C17H9F2NO3. The molecular weight excluding hydrogens is 304 g/mol. The highest BCUT2D eigenvalue weighted by atomic mass is 19.3. The number of carbonyl (C=O) groups is 1. The third-order valence-corrected chi connectivity index (χ3v) is 3.51. The first-order valence-electron chi connectivity index (χ1n) is 6.58. The summed E-state index contributed by atoms with van der Waals surface area (Å²) in [7, 11) is 0. The van der Waals surface area contributed by atoms with Crippen LogP contribution in [0.5, 0.6) is 0 Å². The molecule has 23 heavy (non-hydrogen) atoms. The molecule has 0 saturated heterocycles. The van der Waals surface area contributed by atoms with Crippen LogP contribution in [0.25, 0.3) is 22.1 Å². The molecule has 1 aromatic heterocycles. The Morgan fingerprint density at radius 1 is 1.22 bits per heavy atom. The zero-order chi connectivity index (χ0) is 16.6. The molecule has 3 aromatic rings. The van der Waals surface area contributed by atoms with E-state index >= 15 is 0 Å². The van der Waals surface area contributed by atoms with E-state index in [9.17, 15) is 13.6 Å². The highest BCUT2D eigenvalue weighted by Gasteiger charge is 2.20. The second-order valence-electron chi connectivity index (χ2n) is 4.88. The molecule has 114 valence electrons. The third-order valence-electron chi connectivity index (χ3n) is 3.51. The predicted octanol–water partition coefficient (Wildman–Crippen LogP) is 4.61. The van der Waals surface area contributed by atoms with Crippen LogP contribution in [-0.2, 0) is 0 Å². The minimum absolute atomic E-state index is 0.356. The van der Waals surface area contributed by atoms with Gasteiger partial charge >= 0.3 is 5.97 Å². The lowest BCUT2D eigenvalue weighted by molar-refractivity contribution is 0.0684. The molecule has 0 fully saturated rings. The maximum absolute atomic E-state index is 13.1. The number of aromatic carboxylic acids is 1. The molecule has 4 nitrogen and oxygen atoms in total. The first kappa shape index (κ1) is 14.7. The number of hydrogen-bond acceptors (Lipinski definition) is 3. The summed E-state index contributed by atoms with van der Waals surface area (Å²) in [5.41, 5.74) is 0.611. The first-order valence-corrected chi connectivity index (χ1v) is 6.58. The number of carboxylic acid groups (broad SMARTS) is 1. The topological polar surface area (TPSA) is 74.2 Å². The molecule has 0 amide bonds. The standard InChI is InChI=1S/C17H9F2NO3/c18-16(19)14-7-10(1-2-12(14)17(21)22)13-6-9(8-20)5-11-3-4-23-15(11)13/h1-7,16H,(H,21,22). The van der Waals surface area contributed by atoms with E-state index in [0.29, 0.717) is 27.7 Å². The van der Waals surface area contributed by atoms with Gasteiger partial charge in [-0.15, -0.1) is 0 Å². The lowest BCUT2D eigenvalue weighted by atomic mass is 9.96. The lowest BCUT2D eigenvalue weighted by Crippen LogP contribution is -2.03. The van der Waals surface area contributed by atoms with Gasteiger partial charge in [0, 0.05) is 16.5 Å². The quantitative estimate of drug-likeness (QED) is 0.766. The van der Waals surface area contributed by atoms with Gasteiger partial charge in [-0.3, -0.25) is 0 Å². The fourth-order valence-electron chi connectivity index (χ4n) is 2.47. The molecule has 0 radical (unpaired) electrons. The third kappa shape index (κ3) is 2.53. The van der Waals surface area contributed by atoms with Gasteiger partial charge in [0.1, 0.15) is 5.58 Å². The molecule has 0 unspecified atom stereocenters. The zero-order valence-electron chi connectivity index (χ0n) is 11.6. The molecule has 2 aromatic carbocycles. The molecule has 0 aliphatic heterocycles. The molecule has 1 heterocycles. The van der Waals surface area contributed by atoms with E-state index in [1.807, 2.05) is 6.07 Å². The molecule has 0 atom stereocenters. The predicted molar refractivity (Wildman–Crippen MR) is 78.3 cm³/mol. The Morgan fingerprint density at radius 3 is 2.65 bits per heavy atom. The van der Waals surface area contributed by atoms with Gasteiger partial charge in [0.05, 0.1) is 23.5 Å². The van der Waals surface area contributed by atoms with Crippen LogP contribution >= 0.6 is 0 Å². The monoisotopic (exact) mass is 313 g/mol. The number of hydrogen-bond donors (Lipinski definition) is 1. The normalized spacial score (nSPS) is 10.9. The molecule has 0 aliphatic carbocycles. The minimum Gasteiger partial charge on any atom is -0.478 e. The number of alkyl halides is 2. The van der Waals surface area contributed by atoms with Crippen molar-refractivity contribution in [3.8, 4) is 17.2 Å². The van der Waals surface area contributed by atoms with Crippen molar-refractivity contribution in [2.75, 3.05) is 0 Å². The van der Waals surface area contributed by atoms with E-state index in [-0.39, 0.29) is 0 Å². The fraction of sp³-hybridized carbons (Fsp3) is 0.0588. The molecule has 0 bridgehead atoms. The Balaban J connectivity index is 2.27. The van der Waals surface area contributed by atoms with Gasteiger partial charge in [0.2, 0.25) is 0 Å². The number of fused-ring (bicyclic) bond motifs is 1. The van der Waals surface area contributed by atoms with Crippen LogP contribution < -0.4 is 0 Å². The Labute approximate surface area is 129 Å². The van der Waals surface area contributed by atoms with Crippen molar-refractivity contribution < 1.29 is 23.1 Å². The number of nitrogens with zero attached hydrogens (tertiary/aromatic N) is 1. The maximum Gasteiger partial charge on any atom is 0.336 e. The summed E-state index contributed by atoms with van der Waals surface area (Å²) in [6, 6.07) is 10.5. The van der Waals surface area contributed by atoms with Crippen molar-refractivity contribution in [1.82, 2.24) is 0 Å². The maximum atomic E-state index is 13.1. The number of rotatable bonds is 3. The van der Waals surface area contributed by atoms with Gasteiger partial charge in [-0.05, 0) is 35.9 Å². The van der Waals surface area contributed by atoms with Crippen molar-refractivity contribution in [2.24, 2.45) is 0 Å². The summed E-state index contributed by atoms with van der Waals surface area (Å²) in [5, 5.41) is 18.8. The highest BCUT2D eigenvalue weighted by Crippen LogP contribution is 2.34. The number of furan rings is 1. The van der Waals surface area contributed by atoms with Crippen LogP contribution in [0.15, 0.2) is 47.1 Å². The molecule has 6 heteroatoms. The SMILES string of the molecule is N#Cc1cc(-c2ccc(C(=O)O)c(C(F)F)c2)c2occc2c1. The van der Waals surface area contributed by atoms with Crippen molar-refractivity contribution >= 4 is 16.9 Å². The van der Waals surface area contributed by atoms with Gasteiger partial charge < -0.3 is 9.52 Å². The Morgan fingerprint density at radius 2 is 2.00 bits per heavy atom. The van der Waals surface area contributed by atoms with Gasteiger partial charge in [0.15, 0.2) is 0 Å². The second kappa shape index (κ2) is 5.54. The van der Waals surface area contributed by atoms with Crippen LogP contribution in [-0.4, -0.2) is 11.1 Å². The summed E-state index contributed by atoms with van der Waals surface area (Å²) >= 11 is 0. The summed E-state index contributed by atoms with van der Waals surface area (Å²) in [4.78, 5) is 11.1. The average molecular weight is 313 g/mol. The van der Waals surface area contributed by atoms with Crippen LogP contribution in [0.4, 0.5) is 8.78 Å². The first-order chi connectivity index (χ1) is 11.0. The van der Waals surface area contributed by atoms with E-state index in [0.717, 1.165) is 12.1 Å². The molecule has 1 N–H and O–H groups in total. The highest BCUT2D eigenvalue weighted by molar-refractivity contribution is 5.95. The average Bonchev–Trinajstić information content (AvgIpc) is 3.01. The summed E-state index contributed by atoms with van der Waals surface area (Å²) in [5.74, 6) is -1.42. The lowest BCUT2D eigenvalue weighted by Gasteiger charge is -2.09. The van der Waals surface area contributed by atoms with Gasteiger partial charge in [-0.2, -0.15) is 5.26 Å². The van der Waals surface area contributed by atoms with Crippen molar-refractivity contribution in [3.05, 3.63) is 59.4 Å². The number of nitriles is 1. The second-order valence-corrected chi connectivity index (χ2v) is 4.88. The van der Waals surface area contributed by atoms with Gasteiger partial charge in [-0.1, -0.05) is 6.07 Å². The summed E-state index contributed by atoms with van der Waals surface area (Å²) < 4.78 is 31.7. The number of benzene rings is 2. The minimum atomic E-state index is -2.92. The summed E-state index contributed by atoms with van der Waals surface area (Å²) in [6.07, 6.45) is -1.48. The zero-order valence-corrected chi connectivity index (χ0v) is 11.6. The molecule has 0 saturated carbocycles. The molecule has 0 aliphatic rings. The molecule has 0 spiro atoms. The fourth-order valence-corrected chi connectivity index (χ4v) is 2.47. The van der Waals surface area contributed by atoms with Crippen molar-refractivity contribution in [3.63, 3.8) is 0 Å². The van der Waals surface area contributed by atoms with Crippen LogP contribution in [0.2, 0.25) is 0 Å². The van der Waals surface area contributed by atoms with Crippen LogP contribution in [0.1, 0.15) is 27.9 Å². The molecule has 3 rings (SSSR count). The van der Waals surface area contributed by atoms with Gasteiger partial charge in [0.25, 0.3) is 6.43 Å². The Bertz CT molecular complexity index is 954. The Kier molecular flexibility index (Phi) is 3.54.